The minimum absolute atomic E-state index is 0.569. The highest BCUT2D eigenvalue weighted by Gasteiger charge is 1.91. The normalized spacial score (nSPS) is 15.0. The van der Waals surface area contributed by atoms with E-state index in [1.807, 2.05) is 6.66 Å². The molecule has 2 N–H and O–H groups in total. The monoisotopic (exact) mass is 167 g/mol. The van der Waals surface area contributed by atoms with E-state index in [9.17, 15) is 0 Å². The van der Waals surface area contributed by atoms with Crippen LogP contribution in [-0.2, 0) is 0 Å². The Morgan fingerprint density at radius 3 is 2.78 bits per heavy atom. The summed E-state index contributed by atoms with van der Waals surface area (Å²) in [5, 5.41) is 3.19. The summed E-state index contributed by atoms with van der Waals surface area (Å²) < 4.78 is 0. The van der Waals surface area contributed by atoms with Crippen LogP contribution in [0.2, 0.25) is 0 Å². The number of rotatable bonds is 5. The minimum Gasteiger partial charge on any atom is -0.369 e. The van der Waals surface area contributed by atoms with Crippen molar-refractivity contribution >= 4 is 16.3 Å². The first-order valence-corrected chi connectivity index (χ1v) is 6.76. The van der Waals surface area contributed by atoms with E-state index in [4.69, 9.17) is 4.89 Å². The van der Waals surface area contributed by atoms with Gasteiger partial charge in [-0.25, -0.2) is 0 Å². The van der Waals surface area contributed by atoms with Crippen molar-refractivity contribution in [1.29, 1.82) is 0 Å². The van der Waals surface area contributed by atoms with E-state index in [1.165, 1.54) is 12.8 Å². The Morgan fingerprint density at radius 1 is 1.67 bits per heavy atom. The van der Waals surface area contributed by atoms with Crippen LogP contribution < -0.4 is 5.09 Å². The predicted molar refractivity (Wildman–Crippen MR) is 46.3 cm³/mol. The fourth-order valence-electron chi connectivity index (χ4n) is 0.435. The third-order valence-electron chi connectivity index (χ3n) is 0.896. The predicted octanol–water partition coefficient (Wildman–Crippen LogP) is 1.90. The minimum atomic E-state index is -0.700. The average molecular weight is 167 g/mol. The van der Waals surface area contributed by atoms with Crippen molar-refractivity contribution in [2.75, 3.05) is 13.2 Å². The molecule has 0 fully saturated rings. The molecule has 0 aliphatic carbocycles. The van der Waals surface area contributed by atoms with Gasteiger partial charge in [0.25, 0.3) is 0 Å². The molecule has 2 unspecified atom stereocenters. The van der Waals surface area contributed by atoms with Gasteiger partial charge in [-0.15, -0.1) is 0 Å². The second kappa shape index (κ2) is 6.89. The first-order chi connectivity index (χ1) is 4.27. The Morgan fingerprint density at radius 2 is 2.33 bits per heavy atom. The lowest BCUT2D eigenvalue weighted by atomic mass is 10.3. The summed E-state index contributed by atoms with van der Waals surface area (Å²) in [6.45, 7) is 5.09. The molecule has 0 rings (SSSR count). The summed E-state index contributed by atoms with van der Waals surface area (Å²) in [6, 6.07) is 0. The van der Waals surface area contributed by atoms with E-state index in [2.05, 4.69) is 12.0 Å². The first kappa shape index (κ1) is 9.78. The van der Waals surface area contributed by atoms with Gasteiger partial charge in [-0.3, -0.25) is 5.09 Å². The molecule has 56 valence electrons. The van der Waals surface area contributed by atoms with Gasteiger partial charge in [0.1, 0.15) is 0 Å². The van der Waals surface area contributed by atoms with Crippen LogP contribution in [0.5, 0.6) is 0 Å². The topological polar surface area (TPSA) is 32.3 Å². The van der Waals surface area contributed by atoms with Crippen LogP contribution in [0.15, 0.2) is 0 Å². The number of hydrogen-bond acceptors (Lipinski definition) is 2. The number of nitrogens with one attached hydrogen (secondary N) is 1. The zero-order valence-corrected chi connectivity index (χ0v) is 7.91. The number of hydrogen-bond donors (Lipinski definition) is 2. The molecule has 0 saturated heterocycles. The molecule has 0 aromatic heterocycles. The molecule has 0 spiro atoms. The SMILES string of the molecule is CCCCNPP(C)O. The second-order valence-corrected chi connectivity index (χ2v) is 6.15. The molecule has 0 radical (unpaired) electrons. The smallest absolute Gasteiger partial charge is 0.0580 e. The Labute approximate surface area is 60.0 Å². The molecule has 0 aliphatic rings. The Hall–Kier alpha value is 0.780. The van der Waals surface area contributed by atoms with Crippen LogP contribution in [0.1, 0.15) is 19.8 Å². The van der Waals surface area contributed by atoms with Crippen molar-refractivity contribution < 1.29 is 4.89 Å². The van der Waals surface area contributed by atoms with Crippen LogP contribution >= 0.6 is 16.3 Å². The molecule has 0 saturated carbocycles. The quantitative estimate of drug-likeness (QED) is 0.484. The molecule has 0 aromatic carbocycles. The molecule has 4 heteroatoms. The van der Waals surface area contributed by atoms with Crippen LogP contribution in [0.4, 0.5) is 0 Å². The lowest BCUT2D eigenvalue weighted by Crippen LogP contribution is -2.01. The van der Waals surface area contributed by atoms with Crippen LogP contribution in [-0.4, -0.2) is 18.1 Å². The molecule has 2 nitrogen and oxygen atoms in total. The highest BCUT2D eigenvalue weighted by molar-refractivity contribution is 8.17. The van der Waals surface area contributed by atoms with Gasteiger partial charge in [-0.1, -0.05) is 13.3 Å². The highest BCUT2D eigenvalue weighted by Crippen LogP contribution is 2.44. The van der Waals surface area contributed by atoms with Crippen LogP contribution in [0.25, 0.3) is 0 Å². The molecule has 2 atom stereocenters. The van der Waals surface area contributed by atoms with Gasteiger partial charge < -0.3 is 4.89 Å². The van der Waals surface area contributed by atoms with Gasteiger partial charge in [-0.2, -0.15) is 0 Å². The standard InChI is InChI=1S/C5H15NOP2/c1-3-4-5-6-8-9(2)7/h6-8H,3-5H2,1-2H3. The van der Waals surface area contributed by atoms with Gasteiger partial charge in [0.2, 0.25) is 0 Å². The van der Waals surface area contributed by atoms with Crippen LogP contribution in [0, 0.1) is 0 Å². The van der Waals surface area contributed by atoms with E-state index < -0.39 is 7.84 Å². The van der Waals surface area contributed by atoms with E-state index >= 15 is 0 Å². The third-order valence-corrected chi connectivity index (χ3v) is 3.07. The van der Waals surface area contributed by atoms with E-state index in [0.29, 0.717) is 8.42 Å². The first-order valence-electron chi connectivity index (χ1n) is 3.18. The van der Waals surface area contributed by atoms with E-state index in [-0.39, 0.29) is 0 Å². The molecule has 0 aromatic rings. The Kier molecular flexibility index (Phi) is 7.49. The highest BCUT2D eigenvalue weighted by atomic mass is 32.1. The van der Waals surface area contributed by atoms with Gasteiger partial charge in [0.15, 0.2) is 0 Å². The Bertz CT molecular complexity index is 60.9. The molecular formula is C5H15NOP2. The second-order valence-electron chi connectivity index (χ2n) is 1.92. The van der Waals surface area contributed by atoms with Gasteiger partial charge in [0.05, 0.1) is 7.84 Å². The molecule has 0 amide bonds. The van der Waals surface area contributed by atoms with Crippen molar-refractivity contribution in [3.63, 3.8) is 0 Å². The summed E-state index contributed by atoms with van der Waals surface area (Å²) in [4.78, 5) is 8.87. The maximum atomic E-state index is 8.87. The summed E-state index contributed by atoms with van der Waals surface area (Å²) in [5.41, 5.74) is 0. The average Bonchev–Trinajstić information content (AvgIpc) is 1.80. The van der Waals surface area contributed by atoms with Crippen molar-refractivity contribution in [2.24, 2.45) is 0 Å². The van der Waals surface area contributed by atoms with Crippen molar-refractivity contribution in [2.45, 2.75) is 19.8 Å². The maximum Gasteiger partial charge on any atom is 0.0580 e. The van der Waals surface area contributed by atoms with Gasteiger partial charge in [-0.05, 0) is 19.6 Å². The molecular weight excluding hydrogens is 152 g/mol. The van der Waals surface area contributed by atoms with Crippen LogP contribution in [0.3, 0.4) is 0 Å². The van der Waals surface area contributed by atoms with E-state index in [1.54, 1.807) is 0 Å². The molecule has 0 heterocycles. The molecule has 0 aliphatic heterocycles. The third kappa shape index (κ3) is 8.78. The zero-order valence-electron chi connectivity index (χ0n) is 6.02. The molecule has 9 heavy (non-hydrogen) atoms. The van der Waals surface area contributed by atoms with Crippen molar-refractivity contribution in [3.05, 3.63) is 0 Å². The molecule has 0 bridgehead atoms. The van der Waals surface area contributed by atoms with Gasteiger partial charge in [0, 0.05) is 8.42 Å². The summed E-state index contributed by atoms with van der Waals surface area (Å²) >= 11 is 0. The van der Waals surface area contributed by atoms with Gasteiger partial charge >= 0.3 is 0 Å². The van der Waals surface area contributed by atoms with Crippen molar-refractivity contribution in [1.82, 2.24) is 5.09 Å². The summed E-state index contributed by atoms with van der Waals surface area (Å²) in [5.74, 6) is 0. The Balaban J connectivity index is 2.75. The zero-order chi connectivity index (χ0) is 7.11. The largest absolute Gasteiger partial charge is 0.369 e. The fraction of sp³-hybridized carbons (Fsp3) is 1.00. The van der Waals surface area contributed by atoms with Crippen molar-refractivity contribution in [3.8, 4) is 0 Å². The lowest BCUT2D eigenvalue weighted by Gasteiger charge is -2.04. The lowest BCUT2D eigenvalue weighted by molar-refractivity contribution is 0.645. The maximum absolute atomic E-state index is 8.87. The van der Waals surface area contributed by atoms with E-state index in [0.717, 1.165) is 6.54 Å². The summed E-state index contributed by atoms with van der Waals surface area (Å²) in [6.07, 6.45) is 2.45. The fourth-order valence-corrected chi connectivity index (χ4v) is 1.97. The number of unbranched alkanes of at least 4 members (excludes halogenated alkanes) is 1. The summed E-state index contributed by atoms with van der Waals surface area (Å²) in [7, 11) is -0.132.